The highest BCUT2D eigenvalue weighted by molar-refractivity contribution is 5.77. The van der Waals surface area contributed by atoms with Crippen molar-refractivity contribution in [2.24, 2.45) is 11.7 Å². The van der Waals surface area contributed by atoms with Gasteiger partial charge in [-0.2, -0.15) is 0 Å². The zero-order valence-corrected chi connectivity index (χ0v) is 10.2. The van der Waals surface area contributed by atoms with Gasteiger partial charge in [-0.1, -0.05) is 13.8 Å². The zero-order valence-electron chi connectivity index (χ0n) is 10.2. The van der Waals surface area contributed by atoms with Crippen LogP contribution in [0.15, 0.2) is 0 Å². The highest BCUT2D eigenvalue weighted by Gasteiger charge is 2.28. The summed E-state index contributed by atoms with van der Waals surface area (Å²) in [4.78, 5) is 14.0. The van der Waals surface area contributed by atoms with Gasteiger partial charge in [0.15, 0.2) is 0 Å². The SMILES string of the molecule is CCC(N)CC(=O)N1CCCC(C)C1C. The third-order valence-corrected chi connectivity index (χ3v) is 3.66. The van der Waals surface area contributed by atoms with Crippen molar-refractivity contribution in [3.8, 4) is 0 Å². The first-order valence-electron chi connectivity index (χ1n) is 6.11. The maximum absolute atomic E-state index is 12.0. The lowest BCUT2D eigenvalue weighted by Crippen LogP contribution is -2.47. The highest BCUT2D eigenvalue weighted by atomic mass is 16.2. The molecule has 3 atom stereocenters. The normalized spacial score (nSPS) is 28.9. The van der Waals surface area contributed by atoms with Crippen LogP contribution in [0.5, 0.6) is 0 Å². The Morgan fingerprint density at radius 1 is 1.53 bits per heavy atom. The van der Waals surface area contributed by atoms with E-state index in [1.165, 1.54) is 6.42 Å². The fraction of sp³-hybridized carbons (Fsp3) is 0.917. The van der Waals surface area contributed by atoms with E-state index in [1.54, 1.807) is 0 Å². The number of nitrogens with zero attached hydrogens (tertiary/aromatic N) is 1. The number of hydrogen-bond donors (Lipinski definition) is 1. The number of nitrogens with two attached hydrogens (primary N) is 1. The van der Waals surface area contributed by atoms with Crippen molar-refractivity contribution in [1.82, 2.24) is 4.90 Å². The van der Waals surface area contributed by atoms with Crippen LogP contribution in [0.1, 0.15) is 46.5 Å². The second-order valence-corrected chi connectivity index (χ2v) is 4.82. The van der Waals surface area contributed by atoms with Crippen LogP contribution < -0.4 is 5.73 Å². The number of carbonyl (C=O) groups excluding carboxylic acids is 1. The molecule has 1 saturated heterocycles. The number of hydrogen-bond acceptors (Lipinski definition) is 2. The molecular formula is C12H24N2O. The molecule has 0 aliphatic carbocycles. The van der Waals surface area contributed by atoms with Crippen molar-refractivity contribution in [3.05, 3.63) is 0 Å². The molecule has 1 aliphatic heterocycles. The van der Waals surface area contributed by atoms with E-state index in [1.807, 2.05) is 11.8 Å². The molecule has 3 nitrogen and oxygen atoms in total. The summed E-state index contributed by atoms with van der Waals surface area (Å²) in [6.45, 7) is 7.32. The van der Waals surface area contributed by atoms with Crippen LogP contribution >= 0.6 is 0 Å². The minimum Gasteiger partial charge on any atom is -0.340 e. The van der Waals surface area contributed by atoms with E-state index < -0.39 is 0 Å². The van der Waals surface area contributed by atoms with Gasteiger partial charge in [0.25, 0.3) is 0 Å². The van der Waals surface area contributed by atoms with Gasteiger partial charge < -0.3 is 10.6 Å². The molecule has 0 saturated carbocycles. The monoisotopic (exact) mass is 212 g/mol. The third kappa shape index (κ3) is 3.20. The fourth-order valence-corrected chi connectivity index (χ4v) is 2.17. The molecule has 2 N–H and O–H groups in total. The van der Waals surface area contributed by atoms with Crippen LogP contribution in [0.2, 0.25) is 0 Å². The molecule has 0 bridgehead atoms. The Morgan fingerprint density at radius 3 is 2.80 bits per heavy atom. The second kappa shape index (κ2) is 5.50. The van der Waals surface area contributed by atoms with Crippen molar-refractivity contribution < 1.29 is 4.79 Å². The largest absolute Gasteiger partial charge is 0.340 e. The van der Waals surface area contributed by atoms with Gasteiger partial charge in [-0.05, 0) is 32.1 Å². The first kappa shape index (κ1) is 12.5. The van der Waals surface area contributed by atoms with E-state index in [2.05, 4.69) is 13.8 Å². The molecule has 15 heavy (non-hydrogen) atoms. The summed E-state index contributed by atoms with van der Waals surface area (Å²) in [5.74, 6) is 0.865. The van der Waals surface area contributed by atoms with Gasteiger partial charge in [0, 0.05) is 25.0 Å². The Morgan fingerprint density at radius 2 is 2.20 bits per heavy atom. The molecule has 88 valence electrons. The minimum absolute atomic E-state index is 0.0296. The predicted octanol–water partition coefficient (Wildman–Crippen LogP) is 1.76. The summed E-state index contributed by atoms with van der Waals surface area (Å²) in [6.07, 6.45) is 3.76. The van der Waals surface area contributed by atoms with Gasteiger partial charge in [0.2, 0.25) is 5.91 Å². The summed E-state index contributed by atoms with van der Waals surface area (Å²) < 4.78 is 0. The first-order valence-corrected chi connectivity index (χ1v) is 6.11. The predicted molar refractivity (Wildman–Crippen MR) is 62.5 cm³/mol. The maximum Gasteiger partial charge on any atom is 0.224 e. The standard InChI is InChI=1S/C12H24N2O/c1-4-11(13)8-12(15)14-7-5-6-9(2)10(14)3/h9-11H,4-8,13H2,1-3H3. The molecule has 1 fully saturated rings. The van der Waals surface area contributed by atoms with Gasteiger partial charge in [0.05, 0.1) is 0 Å². The van der Waals surface area contributed by atoms with Crippen LogP contribution in [0.4, 0.5) is 0 Å². The van der Waals surface area contributed by atoms with Crippen molar-refractivity contribution >= 4 is 5.91 Å². The molecule has 0 radical (unpaired) electrons. The molecule has 3 unspecified atom stereocenters. The topological polar surface area (TPSA) is 46.3 Å². The number of piperidine rings is 1. The lowest BCUT2D eigenvalue weighted by Gasteiger charge is -2.38. The summed E-state index contributed by atoms with van der Waals surface area (Å²) >= 11 is 0. The molecule has 0 aromatic rings. The summed E-state index contributed by atoms with van der Waals surface area (Å²) in [7, 11) is 0. The minimum atomic E-state index is 0.0296. The van der Waals surface area contributed by atoms with Crippen LogP contribution in [0.25, 0.3) is 0 Å². The van der Waals surface area contributed by atoms with Crippen molar-refractivity contribution in [2.75, 3.05) is 6.54 Å². The Balaban J connectivity index is 2.50. The third-order valence-electron chi connectivity index (χ3n) is 3.66. The zero-order chi connectivity index (χ0) is 11.4. The van der Waals surface area contributed by atoms with Gasteiger partial charge in [0.1, 0.15) is 0 Å². The van der Waals surface area contributed by atoms with Gasteiger partial charge >= 0.3 is 0 Å². The van der Waals surface area contributed by atoms with E-state index >= 15 is 0 Å². The quantitative estimate of drug-likeness (QED) is 0.775. The van der Waals surface area contributed by atoms with Crippen molar-refractivity contribution in [1.29, 1.82) is 0 Å². The Kier molecular flexibility index (Phi) is 4.58. The average Bonchev–Trinajstić information content (AvgIpc) is 2.21. The van der Waals surface area contributed by atoms with E-state index in [0.717, 1.165) is 19.4 Å². The molecular weight excluding hydrogens is 188 g/mol. The Hall–Kier alpha value is -0.570. The van der Waals surface area contributed by atoms with E-state index in [4.69, 9.17) is 5.73 Å². The number of likely N-dealkylation sites (tertiary alicyclic amines) is 1. The number of amides is 1. The van der Waals surface area contributed by atoms with Crippen LogP contribution in [0, 0.1) is 5.92 Å². The van der Waals surface area contributed by atoms with Gasteiger partial charge in [-0.25, -0.2) is 0 Å². The molecule has 1 amide bonds. The van der Waals surface area contributed by atoms with Crippen LogP contribution in [-0.2, 0) is 4.79 Å². The Bertz CT molecular complexity index is 218. The highest BCUT2D eigenvalue weighted by Crippen LogP contribution is 2.23. The molecule has 0 aromatic heterocycles. The van der Waals surface area contributed by atoms with Gasteiger partial charge in [-0.3, -0.25) is 4.79 Å². The molecule has 1 heterocycles. The molecule has 1 rings (SSSR count). The maximum atomic E-state index is 12.0. The van der Waals surface area contributed by atoms with Gasteiger partial charge in [-0.15, -0.1) is 0 Å². The van der Waals surface area contributed by atoms with E-state index in [0.29, 0.717) is 18.4 Å². The summed E-state index contributed by atoms with van der Waals surface area (Å²) in [6, 6.07) is 0.414. The molecule has 1 aliphatic rings. The Labute approximate surface area is 93.0 Å². The van der Waals surface area contributed by atoms with Crippen molar-refractivity contribution in [2.45, 2.75) is 58.5 Å². The summed E-state index contributed by atoms with van der Waals surface area (Å²) in [5, 5.41) is 0. The molecule has 3 heteroatoms. The lowest BCUT2D eigenvalue weighted by atomic mass is 9.91. The van der Waals surface area contributed by atoms with E-state index in [-0.39, 0.29) is 11.9 Å². The lowest BCUT2D eigenvalue weighted by molar-refractivity contribution is -0.136. The summed E-state index contributed by atoms with van der Waals surface area (Å²) in [5.41, 5.74) is 5.81. The second-order valence-electron chi connectivity index (χ2n) is 4.82. The molecule has 0 aromatic carbocycles. The first-order chi connectivity index (χ1) is 7.06. The number of carbonyl (C=O) groups is 1. The smallest absolute Gasteiger partial charge is 0.224 e. The van der Waals surface area contributed by atoms with Crippen LogP contribution in [-0.4, -0.2) is 29.4 Å². The number of rotatable bonds is 3. The average molecular weight is 212 g/mol. The van der Waals surface area contributed by atoms with Crippen molar-refractivity contribution in [3.63, 3.8) is 0 Å². The molecule has 0 spiro atoms. The fourth-order valence-electron chi connectivity index (χ4n) is 2.17. The van der Waals surface area contributed by atoms with Crippen LogP contribution in [0.3, 0.4) is 0 Å². The van der Waals surface area contributed by atoms with E-state index in [9.17, 15) is 4.79 Å².